The van der Waals surface area contributed by atoms with E-state index in [4.69, 9.17) is 23.2 Å². The summed E-state index contributed by atoms with van der Waals surface area (Å²) in [6.45, 7) is 1.62. The van der Waals surface area contributed by atoms with Gasteiger partial charge in [-0.25, -0.2) is 0 Å². The molecule has 1 aromatic carbocycles. The van der Waals surface area contributed by atoms with E-state index < -0.39 is 0 Å². The van der Waals surface area contributed by atoms with Crippen LogP contribution in [0.4, 0.5) is 0 Å². The van der Waals surface area contributed by atoms with Crippen LogP contribution in [-0.4, -0.2) is 29.8 Å². The molecule has 1 fully saturated rings. The zero-order valence-corrected chi connectivity index (χ0v) is 15.8. The van der Waals surface area contributed by atoms with Crippen molar-refractivity contribution >= 4 is 46.4 Å². The van der Waals surface area contributed by atoms with E-state index in [1.54, 1.807) is 11.0 Å². The van der Waals surface area contributed by atoms with E-state index in [0.717, 1.165) is 5.56 Å². The minimum atomic E-state index is -0.115. The summed E-state index contributed by atoms with van der Waals surface area (Å²) in [5, 5.41) is 2.98. The van der Waals surface area contributed by atoms with Crippen LogP contribution < -0.4 is 5.32 Å². The molecule has 0 unspecified atom stereocenters. The molecule has 1 aliphatic heterocycles. The number of nitrogens with zero attached hydrogens (tertiary/aromatic N) is 1. The second-order valence-electron chi connectivity index (χ2n) is 6.01. The highest BCUT2D eigenvalue weighted by atomic mass is 35.5. The third kappa shape index (κ3) is 4.54. The average molecular weight is 397 g/mol. The lowest BCUT2D eigenvalue weighted by atomic mass is 9.95. The number of hydrogen-bond donors (Lipinski definition) is 1. The lowest BCUT2D eigenvalue weighted by Crippen LogP contribution is -2.42. The van der Waals surface area contributed by atoms with Crippen molar-refractivity contribution in [2.24, 2.45) is 5.92 Å². The molecule has 0 atom stereocenters. The Morgan fingerprint density at radius 1 is 1.16 bits per heavy atom. The van der Waals surface area contributed by atoms with Crippen molar-refractivity contribution in [1.82, 2.24) is 10.2 Å². The van der Waals surface area contributed by atoms with Gasteiger partial charge in [0.25, 0.3) is 5.91 Å². The first-order chi connectivity index (χ1) is 12.0. The largest absolute Gasteiger partial charge is 0.352 e. The van der Waals surface area contributed by atoms with Crippen LogP contribution in [0.1, 0.15) is 28.8 Å². The second-order valence-corrected chi connectivity index (χ2v) is 8.29. The molecular weight excluding hydrogens is 379 g/mol. The molecule has 0 radical (unpaired) electrons. The minimum absolute atomic E-state index is 0.0487. The topological polar surface area (TPSA) is 49.4 Å². The van der Waals surface area contributed by atoms with Crippen molar-refractivity contribution < 1.29 is 9.59 Å². The smallest absolute Gasteiger partial charge is 0.256 e. The van der Waals surface area contributed by atoms with Crippen molar-refractivity contribution in [2.45, 2.75) is 19.4 Å². The number of hydrogen-bond acceptors (Lipinski definition) is 3. The molecule has 132 valence electrons. The standard InChI is InChI=1S/C18H18Cl2N2O2S/c19-15-10-14(16(20)25-15)18(24)22-8-6-13(7-9-22)17(23)21-11-12-4-2-1-3-5-12/h1-5,10,13H,6-9,11H2,(H,21,23). The normalized spacial score (nSPS) is 15.2. The van der Waals surface area contributed by atoms with E-state index in [9.17, 15) is 9.59 Å². The summed E-state index contributed by atoms with van der Waals surface area (Å²) >= 11 is 13.2. The fourth-order valence-corrected chi connectivity index (χ4v) is 4.38. The van der Waals surface area contributed by atoms with Gasteiger partial charge in [-0.3, -0.25) is 9.59 Å². The number of likely N-dealkylation sites (tertiary alicyclic amines) is 1. The lowest BCUT2D eigenvalue weighted by Gasteiger charge is -2.31. The van der Waals surface area contributed by atoms with Gasteiger partial charge in [0.15, 0.2) is 0 Å². The first-order valence-corrected chi connectivity index (χ1v) is 9.67. The van der Waals surface area contributed by atoms with Gasteiger partial charge >= 0.3 is 0 Å². The number of rotatable bonds is 4. The van der Waals surface area contributed by atoms with E-state index in [1.807, 2.05) is 30.3 Å². The number of carbonyl (C=O) groups excluding carboxylic acids is 2. The Balaban J connectivity index is 1.50. The van der Waals surface area contributed by atoms with Crippen LogP contribution >= 0.6 is 34.5 Å². The molecule has 3 rings (SSSR count). The Labute approximate surface area is 160 Å². The highest BCUT2D eigenvalue weighted by Crippen LogP contribution is 2.32. The number of thiophene rings is 1. The van der Waals surface area contributed by atoms with Gasteiger partial charge in [0, 0.05) is 25.6 Å². The van der Waals surface area contributed by atoms with Crippen LogP contribution in [-0.2, 0) is 11.3 Å². The molecule has 1 N–H and O–H groups in total. The number of piperidine rings is 1. The van der Waals surface area contributed by atoms with Crippen LogP contribution in [0.5, 0.6) is 0 Å². The average Bonchev–Trinajstić information content (AvgIpc) is 2.98. The van der Waals surface area contributed by atoms with Crippen molar-refractivity contribution in [2.75, 3.05) is 13.1 Å². The molecular formula is C18H18Cl2N2O2S. The molecule has 2 heterocycles. The summed E-state index contributed by atoms with van der Waals surface area (Å²) in [5.41, 5.74) is 1.52. The van der Waals surface area contributed by atoms with Gasteiger partial charge in [-0.15, -0.1) is 11.3 Å². The van der Waals surface area contributed by atoms with E-state index >= 15 is 0 Å². The van der Waals surface area contributed by atoms with Crippen LogP contribution in [0.3, 0.4) is 0 Å². The van der Waals surface area contributed by atoms with Crippen molar-refractivity contribution in [3.63, 3.8) is 0 Å². The maximum absolute atomic E-state index is 12.5. The van der Waals surface area contributed by atoms with Gasteiger partial charge in [-0.05, 0) is 24.5 Å². The van der Waals surface area contributed by atoms with Crippen molar-refractivity contribution in [3.8, 4) is 0 Å². The fraction of sp³-hybridized carbons (Fsp3) is 0.333. The first-order valence-electron chi connectivity index (χ1n) is 8.10. The highest BCUT2D eigenvalue weighted by Gasteiger charge is 2.29. The zero-order valence-electron chi connectivity index (χ0n) is 13.5. The summed E-state index contributed by atoms with van der Waals surface area (Å²) in [6, 6.07) is 11.4. The summed E-state index contributed by atoms with van der Waals surface area (Å²) < 4.78 is 0.918. The van der Waals surface area contributed by atoms with Gasteiger partial charge in [0.05, 0.1) is 9.90 Å². The number of carbonyl (C=O) groups is 2. The maximum Gasteiger partial charge on any atom is 0.256 e. The second kappa shape index (κ2) is 8.21. The van der Waals surface area contributed by atoms with Gasteiger partial charge in [0.1, 0.15) is 4.34 Å². The Morgan fingerprint density at radius 2 is 1.84 bits per heavy atom. The maximum atomic E-state index is 12.5. The molecule has 0 aliphatic carbocycles. The van der Waals surface area contributed by atoms with E-state index in [-0.39, 0.29) is 17.7 Å². The van der Waals surface area contributed by atoms with E-state index in [2.05, 4.69) is 5.32 Å². The quantitative estimate of drug-likeness (QED) is 0.840. The van der Waals surface area contributed by atoms with Gasteiger partial charge in [-0.1, -0.05) is 53.5 Å². The number of amides is 2. The number of halogens is 2. The molecule has 0 bridgehead atoms. The van der Waals surface area contributed by atoms with Crippen molar-refractivity contribution in [1.29, 1.82) is 0 Å². The molecule has 4 nitrogen and oxygen atoms in total. The molecule has 0 spiro atoms. The van der Waals surface area contributed by atoms with E-state index in [1.165, 1.54) is 11.3 Å². The molecule has 7 heteroatoms. The van der Waals surface area contributed by atoms with Gasteiger partial charge < -0.3 is 10.2 Å². The summed E-state index contributed by atoms with van der Waals surface area (Å²) in [7, 11) is 0. The molecule has 2 aromatic rings. The Kier molecular flexibility index (Phi) is 5.99. The molecule has 1 saturated heterocycles. The lowest BCUT2D eigenvalue weighted by molar-refractivity contribution is -0.126. The third-order valence-electron chi connectivity index (χ3n) is 4.35. The SMILES string of the molecule is O=C(NCc1ccccc1)C1CCN(C(=O)c2cc(Cl)sc2Cl)CC1. The summed E-state index contributed by atoms with van der Waals surface area (Å²) in [5.74, 6) is -0.127. The molecule has 0 saturated carbocycles. The monoisotopic (exact) mass is 396 g/mol. The van der Waals surface area contributed by atoms with Crippen molar-refractivity contribution in [3.05, 3.63) is 56.2 Å². The zero-order chi connectivity index (χ0) is 17.8. The molecule has 25 heavy (non-hydrogen) atoms. The van der Waals surface area contributed by atoms with Crippen LogP contribution in [0.25, 0.3) is 0 Å². The Morgan fingerprint density at radius 3 is 2.44 bits per heavy atom. The number of nitrogens with one attached hydrogen (secondary N) is 1. The molecule has 1 aromatic heterocycles. The highest BCUT2D eigenvalue weighted by molar-refractivity contribution is 7.20. The number of benzene rings is 1. The Hall–Kier alpha value is -1.56. The third-order valence-corrected chi connectivity index (χ3v) is 5.84. The molecule has 2 amide bonds. The van der Waals surface area contributed by atoms with E-state index in [0.29, 0.717) is 46.7 Å². The molecule has 1 aliphatic rings. The Bertz CT molecular complexity index is 756. The minimum Gasteiger partial charge on any atom is -0.352 e. The summed E-state index contributed by atoms with van der Waals surface area (Å²) in [4.78, 5) is 26.6. The van der Waals surface area contributed by atoms with Crippen LogP contribution in [0.2, 0.25) is 8.67 Å². The first kappa shape index (κ1) is 18.2. The van der Waals surface area contributed by atoms with Crippen LogP contribution in [0, 0.1) is 5.92 Å². The predicted octanol–water partition coefficient (Wildman–Crippen LogP) is 4.22. The fourth-order valence-electron chi connectivity index (χ4n) is 2.93. The predicted molar refractivity (Wildman–Crippen MR) is 101 cm³/mol. The van der Waals surface area contributed by atoms with Gasteiger partial charge in [-0.2, -0.15) is 0 Å². The summed E-state index contributed by atoms with van der Waals surface area (Å²) in [6.07, 6.45) is 1.31. The van der Waals surface area contributed by atoms with Gasteiger partial charge in [0.2, 0.25) is 5.91 Å². The van der Waals surface area contributed by atoms with Crippen LogP contribution in [0.15, 0.2) is 36.4 Å².